The van der Waals surface area contributed by atoms with Crippen LogP contribution in [0.4, 0.5) is 0 Å². The lowest BCUT2D eigenvalue weighted by Gasteiger charge is -2.24. The largest absolute Gasteiger partial charge is 0.423 e. The third kappa shape index (κ3) is 8.24. The third-order valence-corrected chi connectivity index (χ3v) is 3.78. The summed E-state index contributed by atoms with van der Waals surface area (Å²) in [6.45, 7) is 6.59. The van der Waals surface area contributed by atoms with E-state index in [1.54, 1.807) is 14.2 Å². The Hall–Kier alpha value is 0.0569. The number of hydrogen-bond acceptors (Lipinski definition) is 4. The van der Waals surface area contributed by atoms with E-state index >= 15 is 0 Å². The summed E-state index contributed by atoms with van der Waals surface area (Å²) in [5.41, 5.74) is 0.0551. The molecule has 0 heterocycles. The molecule has 0 saturated heterocycles. The highest BCUT2D eigenvalue weighted by Crippen LogP contribution is 2.16. The van der Waals surface area contributed by atoms with Crippen LogP contribution < -0.4 is 0 Å². The average molecular weight is 249 g/mol. The van der Waals surface area contributed by atoms with Crippen molar-refractivity contribution >= 4 is 10.5 Å². The zero-order valence-electron chi connectivity index (χ0n) is 11.4. The Balaban J connectivity index is 3.61. The fourth-order valence-electron chi connectivity index (χ4n) is 1.52. The minimum absolute atomic E-state index is 0.0551. The van der Waals surface area contributed by atoms with Gasteiger partial charge in [-0.3, -0.25) is 4.90 Å². The Labute approximate surface area is 103 Å². The van der Waals surface area contributed by atoms with Gasteiger partial charge in [0.1, 0.15) is 23.9 Å². The molecule has 0 fully saturated rings. The molecule has 0 aliphatic carbocycles. The van der Waals surface area contributed by atoms with Gasteiger partial charge >= 0.3 is 0 Å². The van der Waals surface area contributed by atoms with Crippen molar-refractivity contribution in [1.82, 2.24) is 4.90 Å². The van der Waals surface area contributed by atoms with Crippen LogP contribution in [0.25, 0.3) is 0 Å². The van der Waals surface area contributed by atoms with Crippen molar-refractivity contribution < 1.29 is 13.9 Å². The number of hydrogen-bond donors (Lipinski definition) is 0. The molecular weight excluding hydrogens is 222 g/mol. The van der Waals surface area contributed by atoms with Crippen molar-refractivity contribution in [2.75, 3.05) is 34.2 Å². The number of nitrogens with zero attached hydrogens (tertiary/aromatic N) is 1. The molecule has 0 aliphatic heterocycles. The van der Waals surface area contributed by atoms with Crippen LogP contribution in [0.15, 0.2) is 0 Å². The number of unbranched alkanes of at least 4 members (excludes halogenated alkanes) is 1. The first-order valence-electron chi connectivity index (χ1n) is 5.81. The molecule has 5 heteroatoms. The van der Waals surface area contributed by atoms with E-state index in [0.717, 1.165) is 29.9 Å². The van der Waals surface area contributed by atoms with Gasteiger partial charge in [-0.25, -0.2) is 0 Å². The molecule has 0 aromatic carbocycles. The highest BCUT2D eigenvalue weighted by Gasteiger charge is 2.14. The lowest BCUT2D eigenvalue weighted by atomic mass is 10.0. The van der Waals surface area contributed by atoms with E-state index in [4.69, 9.17) is 13.9 Å². The molecule has 0 N–H and O–H groups in total. The van der Waals surface area contributed by atoms with Crippen LogP contribution in [-0.2, 0) is 13.9 Å². The van der Waals surface area contributed by atoms with Crippen molar-refractivity contribution in [2.24, 2.45) is 0 Å². The van der Waals surface area contributed by atoms with Gasteiger partial charge in [0.2, 0.25) is 0 Å². The molecule has 0 amide bonds. The molecule has 0 aliphatic rings. The van der Waals surface area contributed by atoms with Crippen molar-refractivity contribution in [2.45, 2.75) is 38.7 Å². The molecule has 4 nitrogen and oxygen atoms in total. The fraction of sp³-hybridized carbons (Fsp3) is 1.00. The van der Waals surface area contributed by atoms with E-state index < -0.39 is 0 Å². The van der Waals surface area contributed by atoms with Crippen LogP contribution in [0.5, 0.6) is 0 Å². The van der Waals surface area contributed by atoms with Crippen LogP contribution in [0, 0.1) is 0 Å². The normalized spacial score (nSPS) is 12.6. The maximum Gasteiger partial charge on any atom is 0.146 e. The summed E-state index contributed by atoms with van der Waals surface area (Å²) in [5.74, 6) is 0. The quantitative estimate of drug-likeness (QED) is 0.325. The van der Waals surface area contributed by atoms with Crippen LogP contribution in [0.2, 0.25) is 0 Å². The third-order valence-electron chi connectivity index (χ3n) is 2.68. The maximum atomic E-state index is 5.52. The second kappa shape index (κ2) is 9.12. The van der Waals surface area contributed by atoms with Gasteiger partial charge in [-0.1, -0.05) is 0 Å². The molecule has 98 valence electrons. The summed E-state index contributed by atoms with van der Waals surface area (Å²) < 4.78 is 15.7. The molecule has 16 heavy (non-hydrogen) atoms. The van der Waals surface area contributed by atoms with E-state index in [1.165, 1.54) is 6.42 Å². The van der Waals surface area contributed by atoms with Crippen LogP contribution in [-0.4, -0.2) is 55.2 Å². The van der Waals surface area contributed by atoms with Gasteiger partial charge in [0.15, 0.2) is 0 Å². The number of rotatable bonds is 10. The fourth-order valence-corrected chi connectivity index (χ4v) is 1.72. The molecule has 0 spiro atoms. The van der Waals surface area contributed by atoms with Crippen molar-refractivity contribution in [1.29, 1.82) is 0 Å². The molecule has 0 bridgehead atoms. The Morgan fingerprint density at radius 3 is 2.06 bits per heavy atom. The highest BCUT2D eigenvalue weighted by molar-refractivity contribution is 5.98. The van der Waals surface area contributed by atoms with Gasteiger partial charge in [0.25, 0.3) is 0 Å². The van der Waals surface area contributed by atoms with E-state index in [-0.39, 0.29) is 5.60 Å². The predicted octanol–water partition coefficient (Wildman–Crippen LogP) is 0.742. The van der Waals surface area contributed by atoms with Gasteiger partial charge in [-0.15, -0.1) is 0 Å². The number of ether oxygens (including phenoxy) is 2. The van der Waals surface area contributed by atoms with Gasteiger partial charge in [-0.05, 0) is 33.1 Å². The van der Waals surface area contributed by atoms with Gasteiger partial charge in [0.05, 0.1) is 0 Å². The minimum Gasteiger partial charge on any atom is -0.423 e. The standard InChI is InChI=1S/C11H27NO3Si/c1-11(2,15-16)7-5-6-8-12(9-13-3)10-14-4/h5-10H2,1-4,16H3. The van der Waals surface area contributed by atoms with Gasteiger partial charge < -0.3 is 13.9 Å². The lowest BCUT2D eigenvalue weighted by Crippen LogP contribution is -2.29. The monoisotopic (exact) mass is 249 g/mol. The second-order valence-electron chi connectivity index (χ2n) is 4.65. The summed E-state index contributed by atoms with van der Waals surface area (Å²) in [4.78, 5) is 2.15. The molecule has 0 aromatic heterocycles. The first-order chi connectivity index (χ1) is 7.55. The topological polar surface area (TPSA) is 30.9 Å². The smallest absolute Gasteiger partial charge is 0.146 e. The van der Waals surface area contributed by atoms with Crippen LogP contribution >= 0.6 is 0 Å². The van der Waals surface area contributed by atoms with Crippen molar-refractivity contribution in [3.63, 3.8) is 0 Å². The van der Waals surface area contributed by atoms with E-state index in [9.17, 15) is 0 Å². The van der Waals surface area contributed by atoms with E-state index in [2.05, 4.69) is 18.7 Å². The summed E-state index contributed by atoms with van der Waals surface area (Å²) in [7, 11) is 4.23. The Kier molecular flexibility index (Phi) is 9.16. The average Bonchev–Trinajstić information content (AvgIpc) is 2.25. The van der Waals surface area contributed by atoms with Crippen LogP contribution in [0.1, 0.15) is 33.1 Å². The molecule has 0 saturated carbocycles. The zero-order valence-corrected chi connectivity index (χ0v) is 13.4. The van der Waals surface area contributed by atoms with E-state index in [0.29, 0.717) is 13.5 Å². The summed E-state index contributed by atoms with van der Waals surface area (Å²) in [6.07, 6.45) is 3.45. The molecule has 0 radical (unpaired) electrons. The summed E-state index contributed by atoms with van der Waals surface area (Å²) >= 11 is 0. The minimum atomic E-state index is 0.0551. The van der Waals surface area contributed by atoms with Crippen molar-refractivity contribution in [3.05, 3.63) is 0 Å². The number of methoxy groups -OCH3 is 2. The SMILES string of the molecule is COCN(CCCCC(C)(C)O[SiH3])COC. The van der Waals surface area contributed by atoms with E-state index in [1.807, 2.05) is 0 Å². The first kappa shape index (κ1) is 16.1. The molecule has 0 atom stereocenters. The van der Waals surface area contributed by atoms with Crippen LogP contribution in [0.3, 0.4) is 0 Å². The molecular formula is C11H27NO3Si. The summed E-state index contributed by atoms with van der Waals surface area (Å²) in [6, 6.07) is 0. The summed E-state index contributed by atoms with van der Waals surface area (Å²) in [5, 5.41) is 0. The second-order valence-corrected chi connectivity index (χ2v) is 5.06. The maximum absolute atomic E-state index is 5.52. The first-order valence-corrected chi connectivity index (χ1v) is 6.62. The zero-order chi connectivity index (χ0) is 12.4. The Morgan fingerprint density at radius 1 is 1.06 bits per heavy atom. The Bertz CT molecular complexity index is 161. The van der Waals surface area contributed by atoms with Gasteiger partial charge in [0, 0.05) is 26.4 Å². The van der Waals surface area contributed by atoms with Crippen molar-refractivity contribution in [3.8, 4) is 0 Å². The van der Waals surface area contributed by atoms with Gasteiger partial charge in [-0.2, -0.15) is 0 Å². The molecule has 0 unspecified atom stereocenters. The predicted molar refractivity (Wildman–Crippen MR) is 69.4 cm³/mol. The molecule has 0 aromatic rings. The highest BCUT2D eigenvalue weighted by atomic mass is 28.2. The lowest BCUT2D eigenvalue weighted by molar-refractivity contribution is -0.0148. The molecule has 0 rings (SSSR count). The Morgan fingerprint density at radius 2 is 1.62 bits per heavy atom.